The van der Waals surface area contributed by atoms with Gasteiger partial charge < -0.3 is 4.90 Å². The first-order valence-corrected chi connectivity index (χ1v) is 9.01. The summed E-state index contributed by atoms with van der Waals surface area (Å²) in [6.07, 6.45) is 8.51. The number of rotatable bonds is 3. The first-order valence-electron chi connectivity index (χ1n) is 9.01. The van der Waals surface area contributed by atoms with Gasteiger partial charge in [0.1, 0.15) is 18.0 Å². The van der Waals surface area contributed by atoms with Gasteiger partial charge in [0.2, 0.25) is 5.95 Å². The molecule has 0 aliphatic carbocycles. The van der Waals surface area contributed by atoms with Gasteiger partial charge in [-0.25, -0.2) is 18.3 Å². The third kappa shape index (κ3) is 2.70. The van der Waals surface area contributed by atoms with Crippen molar-refractivity contribution < 1.29 is 8.78 Å². The van der Waals surface area contributed by atoms with E-state index >= 15 is 0 Å². The summed E-state index contributed by atoms with van der Waals surface area (Å²) >= 11 is 0. The van der Waals surface area contributed by atoms with Crippen LogP contribution < -0.4 is 4.90 Å². The average Bonchev–Trinajstić information content (AvgIpc) is 3.42. The summed E-state index contributed by atoms with van der Waals surface area (Å²) < 4.78 is 31.4. The lowest BCUT2D eigenvalue weighted by Crippen LogP contribution is -2.25. The fraction of sp³-hybridized carbons (Fsp3) is 0.263. The number of anilines is 1. The van der Waals surface area contributed by atoms with Gasteiger partial charge in [0, 0.05) is 36.5 Å². The predicted octanol–water partition coefficient (Wildman–Crippen LogP) is 3.14. The van der Waals surface area contributed by atoms with E-state index in [0.717, 1.165) is 23.6 Å². The fourth-order valence-electron chi connectivity index (χ4n) is 3.78. The number of nitrogens with zero attached hydrogens (tertiary/aromatic N) is 7. The molecule has 7 nitrogen and oxygen atoms in total. The SMILES string of the molecule is Cn1cc(-c2cnn3cnc(N4CCC[C@@H]4c4cc(F)ccc4F)nc23)cn1. The number of halogens is 2. The van der Waals surface area contributed by atoms with Crippen LogP contribution in [0.5, 0.6) is 0 Å². The smallest absolute Gasteiger partial charge is 0.229 e. The van der Waals surface area contributed by atoms with Crippen molar-refractivity contribution in [3.05, 3.63) is 60.3 Å². The molecule has 28 heavy (non-hydrogen) atoms. The number of aromatic nitrogens is 6. The van der Waals surface area contributed by atoms with Crippen molar-refractivity contribution in [2.45, 2.75) is 18.9 Å². The molecule has 1 aliphatic rings. The number of fused-ring (bicyclic) bond motifs is 1. The van der Waals surface area contributed by atoms with Gasteiger partial charge in [0.15, 0.2) is 5.65 Å². The van der Waals surface area contributed by atoms with E-state index in [4.69, 9.17) is 4.98 Å². The maximum absolute atomic E-state index is 14.3. The molecule has 0 unspecified atom stereocenters. The topological polar surface area (TPSA) is 64.1 Å². The Kier molecular flexibility index (Phi) is 3.81. The van der Waals surface area contributed by atoms with Crippen LogP contribution >= 0.6 is 0 Å². The van der Waals surface area contributed by atoms with Gasteiger partial charge in [0.25, 0.3) is 0 Å². The highest BCUT2D eigenvalue weighted by atomic mass is 19.1. The lowest BCUT2D eigenvalue weighted by molar-refractivity contribution is 0.559. The monoisotopic (exact) mass is 381 g/mol. The quantitative estimate of drug-likeness (QED) is 0.546. The van der Waals surface area contributed by atoms with Gasteiger partial charge in [-0.3, -0.25) is 4.68 Å². The second-order valence-corrected chi connectivity index (χ2v) is 6.90. The molecular formula is C19H17F2N7. The zero-order valence-corrected chi connectivity index (χ0v) is 15.1. The van der Waals surface area contributed by atoms with E-state index in [0.29, 0.717) is 30.1 Å². The molecular weight excluding hydrogens is 364 g/mol. The molecule has 0 N–H and O–H groups in total. The van der Waals surface area contributed by atoms with Gasteiger partial charge in [-0.1, -0.05) is 0 Å². The summed E-state index contributed by atoms with van der Waals surface area (Å²) in [7, 11) is 1.85. The molecule has 4 heterocycles. The van der Waals surface area contributed by atoms with E-state index in [1.165, 1.54) is 12.1 Å². The van der Waals surface area contributed by atoms with Crippen LogP contribution in [0.15, 0.2) is 43.1 Å². The van der Waals surface area contributed by atoms with E-state index in [1.807, 2.05) is 18.1 Å². The maximum Gasteiger partial charge on any atom is 0.229 e. The Labute approximate surface area is 159 Å². The third-order valence-electron chi connectivity index (χ3n) is 5.10. The van der Waals surface area contributed by atoms with Crippen molar-refractivity contribution in [1.82, 2.24) is 29.4 Å². The molecule has 3 aromatic heterocycles. The highest BCUT2D eigenvalue weighted by Crippen LogP contribution is 2.36. The van der Waals surface area contributed by atoms with Gasteiger partial charge in [-0.15, -0.1) is 0 Å². The van der Waals surface area contributed by atoms with Gasteiger partial charge >= 0.3 is 0 Å². The summed E-state index contributed by atoms with van der Waals surface area (Å²) in [6.45, 7) is 0.674. The van der Waals surface area contributed by atoms with Gasteiger partial charge in [-0.05, 0) is 31.0 Å². The summed E-state index contributed by atoms with van der Waals surface area (Å²) in [5, 5.41) is 8.50. The van der Waals surface area contributed by atoms with Crippen molar-refractivity contribution >= 4 is 11.6 Å². The Morgan fingerprint density at radius 3 is 2.86 bits per heavy atom. The molecule has 1 fully saturated rings. The van der Waals surface area contributed by atoms with Crippen molar-refractivity contribution in [3.63, 3.8) is 0 Å². The molecule has 1 aliphatic heterocycles. The molecule has 5 rings (SSSR count). The minimum atomic E-state index is -0.450. The van der Waals surface area contributed by atoms with Crippen LogP contribution in [0.1, 0.15) is 24.4 Å². The van der Waals surface area contributed by atoms with Crippen LogP contribution in [0.2, 0.25) is 0 Å². The molecule has 0 amide bonds. The molecule has 1 atom stereocenters. The molecule has 9 heteroatoms. The van der Waals surface area contributed by atoms with Gasteiger partial charge in [-0.2, -0.15) is 15.2 Å². The largest absolute Gasteiger partial charge is 0.334 e. The molecule has 0 bridgehead atoms. The van der Waals surface area contributed by atoms with Gasteiger partial charge in [0.05, 0.1) is 18.4 Å². The minimum absolute atomic E-state index is 0.303. The fourth-order valence-corrected chi connectivity index (χ4v) is 3.78. The third-order valence-corrected chi connectivity index (χ3v) is 5.10. The molecule has 142 valence electrons. The Bertz CT molecular complexity index is 1170. The van der Waals surface area contributed by atoms with E-state index in [9.17, 15) is 8.78 Å². The molecule has 4 aromatic rings. The van der Waals surface area contributed by atoms with Crippen LogP contribution in [0.25, 0.3) is 16.8 Å². The van der Waals surface area contributed by atoms with Crippen LogP contribution in [0.3, 0.4) is 0 Å². The molecule has 0 spiro atoms. The Morgan fingerprint density at radius 1 is 1.14 bits per heavy atom. The number of benzene rings is 1. The molecule has 0 saturated carbocycles. The van der Waals surface area contributed by atoms with E-state index in [2.05, 4.69) is 15.2 Å². The van der Waals surface area contributed by atoms with Crippen molar-refractivity contribution in [1.29, 1.82) is 0 Å². The minimum Gasteiger partial charge on any atom is -0.334 e. The number of hydrogen-bond acceptors (Lipinski definition) is 5. The maximum atomic E-state index is 14.3. The Morgan fingerprint density at radius 2 is 2.04 bits per heavy atom. The molecule has 0 radical (unpaired) electrons. The van der Waals surface area contributed by atoms with Crippen LogP contribution in [-0.2, 0) is 7.05 Å². The second-order valence-electron chi connectivity index (χ2n) is 6.90. The first-order chi connectivity index (χ1) is 13.6. The summed E-state index contributed by atoms with van der Waals surface area (Å²) in [5.74, 6) is -0.390. The lowest BCUT2D eigenvalue weighted by atomic mass is 10.0. The average molecular weight is 381 g/mol. The van der Waals surface area contributed by atoms with E-state index in [1.54, 1.807) is 27.9 Å². The highest BCUT2D eigenvalue weighted by Gasteiger charge is 2.31. The lowest BCUT2D eigenvalue weighted by Gasteiger charge is -2.25. The zero-order chi connectivity index (χ0) is 19.3. The highest BCUT2D eigenvalue weighted by molar-refractivity contribution is 5.76. The summed E-state index contributed by atoms with van der Waals surface area (Å²) in [4.78, 5) is 11.0. The number of aryl methyl sites for hydroxylation is 1. The van der Waals surface area contributed by atoms with Crippen LogP contribution in [0.4, 0.5) is 14.7 Å². The Balaban J connectivity index is 1.57. The van der Waals surface area contributed by atoms with Crippen LogP contribution in [0, 0.1) is 11.6 Å². The zero-order valence-electron chi connectivity index (χ0n) is 15.1. The Hall–Kier alpha value is -3.36. The number of hydrogen-bond donors (Lipinski definition) is 0. The first kappa shape index (κ1) is 16.8. The van der Waals surface area contributed by atoms with Crippen molar-refractivity contribution in [2.75, 3.05) is 11.4 Å². The van der Waals surface area contributed by atoms with Crippen LogP contribution in [-0.4, -0.2) is 35.9 Å². The molecule has 1 aromatic carbocycles. The van der Waals surface area contributed by atoms with E-state index in [-0.39, 0.29) is 6.04 Å². The second kappa shape index (κ2) is 6.36. The van der Waals surface area contributed by atoms with Crippen molar-refractivity contribution in [2.24, 2.45) is 7.05 Å². The predicted molar refractivity (Wildman–Crippen MR) is 98.7 cm³/mol. The molecule has 1 saturated heterocycles. The standard InChI is InChI=1S/C19H17F2N7/c1-26-10-12(8-23-26)15-9-24-28-11-22-19(25-18(15)28)27-6-2-3-17(27)14-7-13(20)4-5-16(14)21/h4-5,7-11,17H,2-3,6H2,1H3/t17-/m1/s1. The van der Waals surface area contributed by atoms with Crippen molar-refractivity contribution in [3.8, 4) is 11.1 Å². The van der Waals surface area contributed by atoms with E-state index < -0.39 is 11.6 Å². The normalized spacial score (nSPS) is 17.0. The summed E-state index contributed by atoms with van der Waals surface area (Å²) in [5.41, 5.74) is 2.71. The summed E-state index contributed by atoms with van der Waals surface area (Å²) in [6, 6.07) is 3.26.